The maximum atomic E-state index is 12.6. The van der Waals surface area contributed by atoms with Crippen molar-refractivity contribution in [2.24, 2.45) is 11.3 Å². The first-order chi connectivity index (χ1) is 8.69. The third kappa shape index (κ3) is 3.64. The van der Waals surface area contributed by atoms with Crippen molar-refractivity contribution >= 4 is 7.37 Å². The van der Waals surface area contributed by atoms with Gasteiger partial charge in [0.15, 0.2) is 0 Å². The highest BCUT2D eigenvalue weighted by Crippen LogP contribution is 2.64. The molecule has 0 aliphatic rings. The molecule has 0 aliphatic heterocycles. The SMILES string of the molecule is CCCC(C(C)(CC)CC)C(CC)(CC)P(C)(=O)O. The Balaban J connectivity index is 5.87. The predicted molar refractivity (Wildman–Crippen MR) is 86.1 cm³/mol. The van der Waals surface area contributed by atoms with Crippen molar-refractivity contribution in [3.05, 3.63) is 0 Å². The van der Waals surface area contributed by atoms with Crippen LogP contribution in [0.2, 0.25) is 0 Å². The average Bonchev–Trinajstić information content (AvgIpc) is 2.37. The third-order valence-corrected chi connectivity index (χ3v) is 8.33. The molecule has 1 N–H and O–H groups in total. The summed E-state index contributed by atoms with van der Waals surface area (Å²) in [6.07, 6.45) is 5.90. The minimum absolute atomic E-state index is 0.163. The zero-order valence-corrected chi connectivity index (χ0v) is 15.0. The van der Waals surface area contributed by atoms with Crippen LogP contribution in [-0.2, 0) is 4.57 Å². The first kappa shape index (κ1) is 19.2. The van der Waals surface area contributed by atoms with E-state index in [0.717, 1.165) is 38.5 Å². The van der Waals surface area contributed by atoms with Crippen molar-refractivity contribution < 1.29 is 9.46 Å². The van der Waals surface area contributed by atoms with Crippen LogP contribution >= 0.6 is 7.37 Å². The minimum atomic E-state index is -3.12. The highest BCUT2D eigenvalue weighted by molar-refractivity contribution is 7.58. The van der Waals surface area contributed by atoms with Crippen LogP contribution < -0.4 is 0 Å². The molecule has 0 spiro atoms. The second-order valence-corrected chi connectivity index (χ2v) is 9.04. The Bertz CT molecular complexity index is 298. The fourth-order valence-electron chi connectivity index (χ4n) is 3.92. The fourth-order valence-corrected chi connectivity index (χ4v) is 6.11. The summed E-state index contributed by atoms with van der Waals surface area (Å²) >= 11 is 0. The molecule has 0 saturated heterocycles. The van der Waals surface area contributed by atoms with E-state index in [1.807, 2.05) is 0 Å². The van der Waals surface area contributed by atoms with Crippen LogP contribution in [0.1, 0.15) is 80.1 Å². The van der Waals surface area contributed by atoms with Gasteiger partial charge in [0.1, 0.15) is 0 Å². The van der Waals surface area contributed by atoms with E-state index in [4.69, 9.17) is 0 Å². The van der Waals surface area contributed by atoms with Gasteiger partial charge in [-0.05, 0) is 30.6 Å². The van der Waals surface area contributed by atoms with E-state index < -0.39 is 12.5 Å². The van der Waals surface area contributed by atoms with Gasteiger partial charge in [-0.3, -0.25) is 4.57 Å². The Labute approximate surface area is 120 Å². The number of hydrogen-bond donors (Lipinski definition) is 1. The zero-order valence-electron chi connectivity index (χ0n) is 14.1. The summed E-state index contributed by atoms with van der Waals surface area (Å²) < 4.78 is 12.6. The second kappa shape index (κ2) is 7.27. The molecule has 0 rings (SSSR count). The largest absolute Gasteiger partial charge is 0.344 e. The predicted octanol–water partition coefficient (Wildman–Crippen LogP) is 5.69. The first-order valence-corrected chi connectivity index (χ1v) is 10.1. The number of hydrogen-bond acceptors (Lipinski definition) is 1. The van der Waals surface area contributed by atoms with Gasteiger partial charge in [0.2, 0.25) is 7.37 Å². The van der Waals surface area contributed by atoms with Crippen LogP contribution in [0.5, 0.6) is 0 Å². The smallest absolute Gasteiger partial charge is 0.203 e. The lowest BCUT2D eigenvalue weighted by Crippen LogP contribution is -2.45. The Hall–Kier alpha value is 0.190. The van der Waals surface area contributed by atoms with E-state index in [2.05, 4.69) is 41.5 Å². The molecule has 0 aromatic heterocycles. The highest BCUT2D eigenvalue weighted by atomic mass is 31.2. The van der Waals surface area contributed by atoms with Gasteiger partial charge >= 0.3 is 0 Å². The van der Waals surface area contributed by atoms with Crippen LogP contribution in [0.25, 0.3) is 0 Å². The van der Waals surface area contributed by atoms with Crippen molar-refractivity contribution in [3.63, 3.8) is 0 Å². The van der Waals surface area contributed by atoms with Gasteiger partial charge in [-0.15, -0.1) is 0 Å². The van der Waals surface area contributed by atoms with Gasteiger partial charge in [-0.2, -0.15) is 0 Å². The van der Waals surface area contributed by atoms with Crippen LogP contribution in [-0.4, -0.2) is 16.7 Å². The summed E-state index contributed by atoms with van der Waals surface area (Å²) in [5, 5.41) is -0.413. The molecule has 116 valence electrons. The van der Waals surface area contributed by atoms with Crippen molar-refractivity contribution in [2.75, 3.05) is 6.66 Å². The van der Waals surface area contributed by atoms with Crippen LogP contribution in [0.3, 0.4) is 0 Å². The quantitative estimate of drug-likeness (QED) is 0.554. The van der Waals surface area contributed by atoms with Crippen molar-refractivity contribution in [1.29, 1.82) is 0 Å². The summed E-state index contributed by atoms with van der Waals surface area (Å²) in [5.41, 5.74) is 0.163. The number of rotatable bonds is 9. The van der Waals surface area contributed by atoms with Crippen molar-refractivity contribution in [3.8, 4) is 0 Å². The van der Waals surface area contributed by atoms with E-state index in [9.17, 15) is 9.46 Å². The van der Waals surface area contributed by atoms with Crippen molar-refractivity contribution in [1.82, 2.24) is 0 Å². The van der Waals surface area contributed by atoms with E-state index in [0.29, 0.717) is 5.92 Å². The van der Waals surface area contributed by atoms with Gasteiger partial charge in [-0.25, -0.2) is 0 Å². The molecule has 0 radical (unpaired) electrons. The molecule has 0 amide bonds. The second-order valence-electron chi connectivity index (χ2n) is 6.39. The summed E-state index contributed by atoms with van der Waals surface area (Å²) in [6, 6.07) is 0. The lowest BCUT2D eigenvalue weighted by atomic mass is 9.64. The molecular weight excluding hydrogens is 255 g/mol. The maximum absolute atomic E-state index is 12.6. The summed E-state index contributed by atoms with van der Waals surface area (Å²) in [5.74, 6) is 0.329. The molecule has 0 aromatic rings. The van der Waals surface area contributed by atoms with E-state index >= 15 is 0 Å². The Morgan fingerprint density at radius 2 is 1.42 bits per heavy atom. The van der Waals surface area contributed by atoms with E-state index in [1.165, 1.54) is 0 Å². The summed E-state index contributed by atoms with van der Waals surface area (Å²) in [6.45, 7) is 14.7. The topological polar surface area (TPSA) is 37.3 Å². The van der Waals surface area contributed by atoms with Gasteiger partial charge in [0, 0.05) is 11.8 Å². The molecule has 0 bridgehead atoms. The fraction of sp³-hybridized carbons (Fsp3) is 1.00. The third-order valence-electron chi connectivity index (χ3n) is 5.73. The highest BCUT2D eigenvalue weighted by Gasteiger charge is 2.52. The van der Waals surface area contributed by atoms with Gasteiger partial charge in [0.05, 0.1) is 0 Å². The Morgan fingerprint density at radius 1 is 1.00 bits per heavy atom. The normalized spacial score (nSPS) is 18.1. The van der Waals surface area contributed by atoms with Crippen LogP contribution in [0.4, 0.5) is 0 Å². The molecule has 2 nitrogen and oxygen atoms in total. The molecule has 3 heteroatoms. The van der Waals surface area contributed by atoms with E-state index in [1.54, 1.807) is 6.66 Å². The van der Waals surface area contributed by atoms with Gasteiger partial charge in [-0.1, -0.05) is 60.8 Å². The Kier molecular flexibility index (Phi) is 7.34. The van der Waals surface area contributed by atoms with Gasteiger partial charge in [0.25, 0.3) is 0 Å². The van der Waals surface area contributed by atoms with Crippen LogP contribution in [0, 0.1) is 11.3 Å². The van der Waals surface area contributed by atoms with Gasteiger partial charge < -0.3 is 4.89 Å². The monoisotopic (exact) mass is 290 g/mol. The minimum Gasteiger partial charge on any atom is -0.344 e. The Morgan fingerprint density at radius 3 is 1.63 bits per heavy atom. The summed E-state index contributed by atoms with van der Waals surface area (Å²) in [4.78, 5) is 10.4. The lowest BCUT2D eigenvalue weighted by molar-refractivity contribution is 0.0984. The molecule has 0 fully saturated rings. The standard InChI is InChI=1S/C16H35O2P/c1-8-13-14(15(6,9-2)10-3)16(11-4,12-5)19(7,17)18/h14H,8-13H2,1-7H3,(H,17,18). The van der Waals surface area contributed by atoms with Crippen LogP contribution in [0.15, 0.2) is 0 Å². The lowest BCUT2D eigenvalue weighted by Gasteiger charge is -2.50. The molecule has 0 heterocycles. The molecule has 0 saturated carbocycles. The summed E-state index contributed by atoms with van der Waals surface area (Å²) in [7, 11) is -3.12. The molecular formula is C16H35O2P. The molecule has 19 heavy (non-hydrogen) atoms. The average molecular weight is 290 g/mol. The zero-order chi connectivity index (χ0) is 15.3. The van der Waals surface area contributed by atoms with Crippen molar-refractivity contribution in [2.45, 2.75) is 85.2 Å². The molecule has 0 aromatic carbocycles. The molecule has 0 aliphatic carbocycles. The first-order valence-electron chi connectivity index (χ1n) is 7.99. The molecule has 2 unspecified atom stereocenters. The maximum Gasteiger partial charge on any atom is 0.203 e. The molecule has 2 atom stereocenters. The van der Waals surface area contributed by atoms with E-state index in [-0.39, 0.29) is 5.41 Å².